The molecule has 168 valence electrons. The van der Waals surface area contributed by atoms with Crippen molar-refractivity contribution >= 4 is 52.5 Å². The van der Waals surface area contributed by atoms with E-state index in [1.54, 1.807) is 6.08 Å². The molecule has 0 saturated carbocycles. The first-order valence-electron chi connectivity index (χ1n) is 10.5. The SMILES string of the molecule is Cc1ccc(Cl)cc1-n1c(C)cc(/C=C2\C(=O)NC(=S)N(c3cccc(C)c3C)C2=O)c1C. The molecular formula is C26H24ClN3O2S. The zero-order chi connectivity index (χ0) is 24.0. The van der Waals surface area contributed by atoms with Crippen molar-refractivity contribution in [2.75, 3.05) is 4.90 Å². The Morgan fingerprint density at radius 1 is 0.939 bits per heavy atom. The third kappa shape index (κ3) is 4.01. The molecule has 7 heteroatoms. The van der Waals surface area contributed by atoms with Crippen molar-refractivity contribution in [2.45, 2.75) is 34.6 Å². The number of hydrogen-bond acceptors (Lipinski definition) is 3. The fourth-order valence-corrected chi connectivity index (χ4v) is 4.58. The minimum absolute atomic E-state index is 0.0348. The summed E-state index contributed by atoms with van der Waals surface area (Å²) in [7, 11) is 0. The molecule has 3 aromatic rings. The van der Waals surface area contributed by atoms with Gasteiger partial charge in [0.25, 0.3) is 11.8 Å². The Balaban J connectivity index is 1.81. The van der Waals surface area contributed by atoms with Crippen molar-refractivity contribution in [2.24, 2.45) is 0 Å². The second-order valence-corrected chi connectivity index (χ2v) is 9.09. The minimum atomic E-state index is -0.504. The van der Waals surface area contributed by atoms with Gasteiger partial charge in [0.1, 0.15) is 5.57 Å². The third-order valence-electron chi connectivity index (χ3n) is 6.10. The average molecular weight is 478 g/mol. The molecule has 0 spiro atoms. The van der Waals surface area contributed by atoms with Crippen LogP contribution in [0.2, 0.25) is 5.02 Å². The molecule has 1 aliphatic heterocycles. The Kier molecular flexibility index (Phi) is 5.99. The van der Waals surface area contributed by atoms with Crippen molar-refractivity contribution < 1.29 is 9.59 Å². The number of anilines is 1. The van der Waals surface area contributed by atoms with E-state index in [0.29, 0.717) is 10.7 Å². The van der Waals surface area contributed by atoms with Crippen LogP contribution in [0.3, 0.4) is 0 Å². The number of nitrogens with zero attached hydrogens (tertiary/aromatic N) is 2. The van der Waals surface area contributed by atoms with E-state index >= 15 is 0 Å². The van der Waals surface area contributed by atoms with E-state index in [4.69, 9.17) is 23.8 Å². The summed E-state index contributed by atoms with van der Waals surface area (Å²) in [6.07, 6.45) is 1.64. The fraction of sp³-hybridized carbons (Fsp3) is 0.192. The molecule has 1 aromatic heterocycles. The molecule has 5 nitrogen and oxygen atoms in total. The molecule has 1 fully saturated rings. The summed E-state index contributed by atoms with van der Waals surface area (Å²) in [5, 5.41) is 3.39. The number of hydrogen-bond donors (Lipinski definition) is 1. The van der Waals surface area contributed by atoms with Crippen LogP contribution in [0, 0.1) is 34.6 Å². The summed E-state index contributed by atoms with van der Waals surface area (Å²) in [5.41, 5.74) is 7.33. The first-order valence-corrected chi connectivity index (χ1v) is 11.3. The minimum Gasteiger partial charge on any atom is -0.318 e. The van der Waals surface area contributed by atoms with Crippen LogP contribution in [0.1, 0.15) is 33.6 Å². The first kappa shape index (κ1) is 23.0. The van der Waals surface area contributed by atoms with Crippen molar-refractivity contribution in [3.63, 3.8) is 0 Å². The Morgan fingerprint density at radius 3 is 2.39 bits per heavy atom. The van der Waals surface area contributed by atoms with Crippen LogP contribution in [0.25, 0.3) is 11.8 Å². The smallest absolute Gasteiger partial charge is 0.270 e. The molecule has 2 amide bonds. The fourth-order valence-electron chi connectivity index (χ4n) is 4.14. The highest BCUT2D eigenvalue weighted by Gasteiger charge is 2.35. The van der Waals surface area contributed by atoms with E-state index in [0.717, 1.165) is 39.3 Å². The zero-order valence-electron chi connectivity index (χ0n) is 19.1. The number of halogens is 1. The van der Waals surface area contributed by atoms with E-state index in [1.165, 1.54) is 4.90 Å². The first-order chi connectivity index (χ1) is 15.6. The maximum atomic E-state index is 13.5. The van der Waals surface area contributed by atoms with Gasteiger partial charge in [-0.2, -0.15) is 0 Å². The molecule has 0 radical (unpaired) electrons. The van der Waals surface area contributed by atoms with Crippen molar-refractivity contribution in [3.8, 4) is 5.69 Å². The van der Waals surface area contributed by atoms with Crippen LogP contribution >= 0.6 is 23.8 Å². The Bertz CT molecular complexity index is 1370. The van der Waals surface area contributed by atoms with E-state index < -0.39 is 11.8 Å². The summed E-state index contributed by atoms with van der Waals surface area (Å²) < 4.78 is 2.08. The van der Waals surface area contributed by atoms with Gasteiger partial charge in [-0.05, 0) is 99.4 Å². The molecule has 4 rings (SSSR count). The van der Waals surface area contributed by atoms with Gasteiger partial charge >= 0.3 is 0 Å². The lowest BCUT2D eigenvalue weighted by Gasteiger charge is -2.30. The number of benzene rings is 2. The summed E-state index contributed by atoms with van der Waals surface area (Å²) >= 11 is 11.6. The highest BCUT2D eigenvalue weighted by molar-refractivity contribution is 7.80. The van der Waals surface area contributed by atoms with Gasteiger partial charge in [0.05, 0.1) is 5.69 Å². The van der Waals surface area contributed by atoms with Gasteiger partial charge in [0.2, 0.25) is 0 Å². The second-order valence-electron chi connectivity index (χ2n) is 8.27. The summed E-state index contributed by atoms with van der Waals surface area (Å²) in [6, 6.07) is 13.4. The third-order valence-corrected chi connectivity index (χ3v) is 6.62. The largest absolute Gasteiger partial charge is 0.318 e. The number of aromatic nitrogens is 1. The molecule has 1 aliphatic rings. The van der Waals surface area contributed by atoms with Crippen molar-refractivity contribution in [1.82, 2.24) is 9.88 Å². The average Bonchev–Trinajstić information content (AvgIpc) is 3.03. The standard InChI is InChI=1S/C26H24ClN3O2S/c1-14-7-6-8-22(17(14)4)30-25(32)21(24(31)28-26(30)33)12-19-11-16(3)29(18(19)5)23-13-20(27)10-9-15(23)2/h6-13H,1-5H3,(H,28,31,33)/b21-12+. The van der Waals surface area contributed by atoms with Crippen molar-refractivity contribution in [3.05, 3.63) is 86.7 Å². The predicted molar refractivity (Wildman–Crippen MR) is 137 cm³/mol. The number of amides is 2. The monoisotopic (exact) mass is 477 g/mol. The van der Waals surface area contributed by atoms with Gasteiger partial charge in [-0.25, -0.2) is 0 Å². The van der Waals surface area contributed by atoms with Gasteiger partial charge in [-0.1, -0.05) is 29.8 Å². The van der Waals surface area contributed by atoms with Gasteiger partial charge in [0.15, 0.2) is 5.11 Å². The summed E-state index contributed by atoms with van der Waals surface area (Å²) in [6.45, 7) is 9.86. The highest BCUT2D eigenvalue weighted by Crippen LogP contribution is 2.30. The van der Waals surface area contributed by atoms with Crippen LogP contribution in [-0.4, -0.2) is 21.5 Å². The molecule has 2 aromatic carbocycles. The number of carbonyl (C=O) groups is 2. The van der Waals surface area contributed by atoms with E-state index in [9.17, 15) is 9.59 Å². The number of carbonyl (C=O) groups excluding carboxylic acids is 2. The van der Waals surface area contributed by atoms with Gasteiger partial charge < -0.3 is 4.57 Å². The van der Waals surface area contributed by atoms with Gasteiger partial charge in [0, 0.05) is 22.1 Å². The number of nitrogens with one attached hydrogen (secondary N) is 1. The lowest BCUT2D eigenvalue weighted by atomic mass is 10.0. The Hall–Kier alpha value is -3.22. The van der Waals surface area contributed by atoms with E-state index in [-0.39, 0.29) is 10.7 Å². The van der Waals surface area contributed by atoms with Crippen LogP contribution in [0.4, 0.5) is 5.69 Å². The van der Waals surface area contributed by atoms with Crippen LogP contribution in [-0.2, 0) is 9.59 Å². The molecule has 0 aliphatic carbocycles. The van der Waals surface area contributed by atoms with Crippen LogP contribution in [0.15, 0.2) is 48.0 Å². The maximum absolute atomic E-state index is 13.5. The lowest BCUT2D eigenvalue weighted by molar-refractivity contribution is -0.122. The topological polar surface area (TPSA) is 54.3 Å². The summed E-state index contributed by atoms with van der Waals surface area (Å²) in [5.74, 6) is -0.948. The quantitative estimate of drug-likeness (QED) is 0.307. The highest BCUT2D eigenvalue weighted by atomic mass is 35.5. The molecule has 33 heavy (non-hydrogen) atoms. The normalized spacial score (nSPS) is 15.4. The number of aryl methyl sites for hydroxylation is 3. The van der Waals surface area contributed by atoms with Gasteiger partial charge in [-0.3, -0.25) is 19.8 Å². The molecular weight excluding hydrogens is 454 g/mol. The molecule has 0 atom stereocenters. The molecule has 2 heterocycles. The Labute approximate surface area is 203 Å². The maximum Gasteiger partial charge on any atom is 0.270 e. The van der Waals surface area contributed by atoms with E-state index in [1.807, 2.05) is 77.1 Å². The predicted octanol–water partition coefficient (Wildman–Crippen LogP) is 5.50. The van der Waals surface area contributed by atoms with Crippen LogP contribution in [0.5, 0.6) is 0 Å². The van der Waals surface area contributed by atoms with E-state index in [2.05, 4.69) is 9.88 Å². The lowest BCUT2D eigenvalue weighted by Crippen LogP contribution is -2.54. The summed E-state index contributed by atoms with van der Waals surface area (Å²) in [4.78, 5) is 27.6. The van der Waals surface area contributed by atoms with Gasteiger partial charge in [-0.15, -0.1) is 0 Å². The number of thiocarbonyl (C=S) groups is 1. The molecule has 0 bridgehead atoms. The van der Waals surface area contributed by atoms with Crippen molar-refractivity contribution in [1.29, 1.82) is 0 Å². The second kappa shape index (κ2) is 8.61. The molecule has 1 saturated heterocycles. The number of rotatable bonds is 3. The van der Waals surface area contributed by atoms with Crippen LogP contribution < -0.4 is 10.2 Å². The molecule has 1 N–H and O–H groups in total. The zero-order valence-corrected chi connectivity index (χ0v) is 20.7. The Morgan fingerprint density at radius 2 is 1.67 bits per heavy atom. The molecule has 0 unspecified atom stereocenters.